The molecule has 0 bridgehead atoms. The monoisotopic (exact) mass is 376 g/mol. The van der Waals surface area contributed by atoms with Crippen molar-refractivity contribution in [1.82, 2.24) is 5.32 Å². The van der Waals surface area contributed by atoms with Gasteiger partial charge in [0.15, 0.2) is 0 Å². The summed E-state index contributed by atoms with van der Waals surface area (Å²) < 4.78 is 28.5. The molecule has 1 atom stereocenters. The van der Waals surface area contributed by atoms with E-state index in [1.165, 1.54) is 23.5 Å². The minimum Gasteiger partial charge on any atom is -0.435 e. The Hall–Kier alpha value is -1.70. The number of rotatable bonds is 7. The number of carbonyl (C=O) groups excluding carboxylic acids is 1. The van der Waals surface area contributed by atoms with Crippen LogP contribution in [0.2, 0.25) is 0 Å². The maximum absolute atomic E-state index is 12.1. The Balaban J connectivity index is 0.00000288. The molecule has 0 saturated heterocycles. The third kappa shape index (κ3) is 5.74. The minimum absolute atomic E-state index is 0. The first-order chi connectivity index (χ1) is 11.0. The van der Waals surface area contributed by atoms with Crippen molar-refractivity contribution in [2.24, 2.45) is 11.7 Å². The predicted molar refractivity (Wildman–Crippen MR) is 94.2 cm³/mol. The van der Waals surface area contributed by atoms with Crippen LogP contribution >= 0.6 is 23.7 Å². The van der Waals surface area contributed by atoms with Crippen LogP contribution in [0.1, 0.15) is 16.6 Å². The second-order valence-electron chi connectivity index (χ2n) is 5.12. The van der Waals surface area contributed by atoms with Crippen LogP contribution < -0.4 is 15.8 Å². The highest BCUT2D eigenvalue weighted by atomic mass is 35.5. The largest absolute Gasteiger partial charge is 0.435 e. The second kappa shape index (κ2) is 9.56. The molecule has 1 aromatic heterocycles. The van der Waals surface area contributed by atoms with Crippen LogP contribution in [-0.2, 0) is 0 Å². The molecular formula is C16H19ClF2N2O2S. The van der Waals surface area contributed by atoms with E-state index in [9.17, 15) is 13.6 Å². The summed E-state index contributed by atoms with van der Waals surface area (Å²) >= 11 is 1.34. The lowest BCUT2D eigenvalue weighted by Gasteiger charge is -2.08. The fourth-order valence-electron chi connectivity index (χ4n) is 1.85. The van der Waals surface area contributed by atoms with Crippen molar-refractivity contribution in [3.8, 4) is 16.2 Å². The summed E-state index contributed by atoms with van der Waals surface area (Å²) in [6.07, 6.45) is 0. The van der Waals surface area contributed by atoms with Gasteiger partial charge < -0.3 is 15.8 Å². The highest BCUT2D eigenvalue weighted by Crippen LogP contribution is 2.29. The zero-order valence-corrected chi connectivity index (χ0v) is 14.6. The van der Waals surface area contributed by atoms with E-state index in [0.717, 1.165) is 10.4 Å². The standard InChI is InChI=1S/C16H18F2N2O2S.ClH/c1-10(8-19)9-20-15(21)14-7-6-13(23-14)11-2-4-12(5-3-11)22-16(17)18;/h2-7,10,16H,8-9,19H2,1H3,(H,20,21);1H. The van der Waals surface area contributed by atoms with Gasteiger partial charge in [0.1, 0.15) is 5.75 Å². The number of hydrogen-bond acceptors (Lipinski definition) is 4. The first kappa shape index (κ1) is 20.3. The van der Waals surface area contributed by atoms with Crippen molar-refractivity contribution < 1.29 is 18.3 Å². The molecule has 132 valence electrons. The molecule has 0 aliphatic heterocycles. The Morgan fingerprint density at radius 3 is 2.50 bits per heavy atom. The minimum atomic E-state index is -2.84. The molecule has 1 heterocycles. The van der Waals surface area contributed by atoms with Gasteiger partial charge in [-0.05, 0) is 54.4 Å². The zero-order chi connectivity index (χ0) is 16.8. The van der Waals surface area contributed by atoms with Gasteiger partial charge in [-0.2, -0.15) is 8.78 Å². The van der Waals surface area contributed by atoms with Crippen molar-refractivity contribution in [3.05, 3.63) is 41.3 Å². The van der Waals surface area contributed by atoms with E-state index in [0.29, 0.717) is 18.0 Å². The summed E-state index contributed by atoms with van der Waals surface area (Å²) in [6, 6.07) is 9.89. The predicted octanol–water partition coefficient (Wildman–Crippen LogP) is 3.76. The Labute approximate surface area is 149 Å². The smallest absolute Gasteiger partial charge is 0.387 e. The van der Waals surface area contributed by atoms with Gasteiger partial charge in [0.2, 0.25) is 0 Å². The van der Waals surface area contributed by atoms with Crippen LogP contribution in [0, 0.1) is 5.92 Å². The van der Waals surface area contributed by atoms with Crippen molar-refractivity contribution >= 4 is 29.7 Å². The van der Waals surface area contributed by atoms with Gasteiger partial charge >= 0.3 is 6.61 Å². The molecular weight excluding hydrogens is 358 g/mol. The first-order valence-corrected chi connectivity index (χ1v) is 7.94. The maximum Gasteiger partial charge on any atom is 0.387 e. The number of alkyl halides is 2. The molecule has 8 heteroatoms. The molecule has 0 radical (unpaired) electrons. The number of ether oxygens (including phenoxy) is 1. The maximum atomic E-state index is 12.1. The number of nitrogens with two attached hydrogens (primary N) is 1. The SMILES string of the molecule is CC(CN)CNC(=O)c1ccc(-c2ccc(OC(F)F)cc2)s1.Cl. The Morgan fingerprint density at radius 2 is 1.92 bits per heavy atom. The molecule has 2 rings (SSSR count). The van der Waals surface area contributed by atoms with Crippen LogP contribution in [-0.4, -0.2) is 25.6 Å². The molecule has 0 fully saturated rings. The lowest BCUT2D eigenvalue weighted by Crippen LogP contribution is -2.30. The molecule has 3 N–H and O–H groups in total. The number of halogens is 3. The molecule has 2 aromatic rings. The van der Waals surface area contributed by atoms with Gasteiger partial charge in [-0.15, -0.1) is 23.7 Å². The van der Waals surface area contributed by atoms with Crippen LogP contribution in [0.15, 0.2) is 36.4 Å². The first-order valence-electron chi connectivity index (χ1n) is 7.13. The van der Waals surface area contributed by atoms with Crippen molar-refractivity contribution in [2.75, 3.05) is 13.1 Å². The molecule has 1 amide bonds. The lowest BCUT2D eigenvalue weighted by atomic mass is 10.2. The number of nitrogens with one attached hydrogen (secondary N) is 1. The molecule has 4 nitrogen and oxygen atoms in total. The number of benzene rings is 1. The van der Waals surface area contributed by atoms with Crippen LogP contribution in [0.25, 0.3) is 10.4 Å². The summed E-state index contributed by atoms with van der Waals surface area (Å²) in [5.41, 5.74) is 6.35. The van der Waals surface area contributed by atoms with Gasteiger partial charge in [-0.1, -0.05) is 6.92 Å². The third-order valence-corrected chi connectivity index (χ3v) is 4.34. The quantitative estimate of drug-likeness (QED) is 0.773. The molecule has 1 aromatic carbocycles. The summed E-state index contributed by atoms with van der Waals surface area (Å²) in [6.45, 7) is 0.169. The Bertz CT molecular complexity index is 650. The molecule has 0 aliphatic carbocycles. The highest BCUT2D eigenvalue weighted by Gasteiger charge is 2.11. The third-order valence-electron chi connectivity index (χ3n) is 3.21. The Morgan fingerprint density at radius 1 is 1.25 bits per heavy atom. The van der Waals surface area contributed by atoms with E-state index >= 15 is 0 Å². The molecule has 24 heavy (non-hydrogen) atoms. The molecule has 0 aliphatic rings. The Kier molecular flexibility index (Phi) is 8.10. The van der Waals surface area contributed by atoms with Gasteiger partial charge in [0, 0.05) is 11.4 Å². The van der Waals surface area contributed by atoms with Crippen LogP contribution in [0.3, 0.4) is 0 Å². The van der Waals surface area contributed by atoms with E-state index in [2.05, 4.69) is 10.1 Å². The fourth-order valence-corrected chi connectivity index (χ4v) is 2.78. The van der Waals surface area contributed by atoms with Gasteiger partial charge in [-0.3, -0.25) is 4.79 Å². The zero-order valence-electron chi connectivity index (χ0n) is 13.0. The van der Waals surface area contributed by atoms with Crippen molar-refractivity contribution in [3.63, 3.8) is 0 Å². The van der Waals surface area contributed by atoms with E-state index in [1.54, 1.807) is 18.2 Å². The van der Waals surface area contributed by atoms with Crippen LogP contribution in [0.4, 0.5) is 8.78 Å². The number of hydrogen-bond donors (Lipinski definition) is 2. The topological polar surface area (TPSA) is 64.3 Å². The molecule has 0 saturated carbocycles. The highest BCUT2D eigenvalue weighted by molar-refractivity contribution is 7.17. The van der Waals surface area contributed by atoms with Gasteiger partial charge in [0.25, 0.3) is 5.91 Å². The van der Waals surface area contributed by atoms with Crippen molar-refractivity contribution in [1.29, 1.82) is 0 Å². The summed E-state index contributed by atoms with van der Waals surface area (Å²) in [4.78, 5) is 13.5. The summed E-state index contributed by atoms with van der Waals surface area (Å²) in [5, 5.41) is 2.83. The number of carbonyl (C=O) groups is 1. The number of thiophene rings is 1. The van der Waals surface area contributed by atoms with Crippen molar-refractivity contribution in [2.45, 2.75) is 13.5 Å². The van der Waals surface area contributed by atoms with Gasteiger partial charge in [0.05, 0.1) is 4.88 Å². The second-order valence-corrected chi connectivity index (χ2v) is 6.20. The van der Waals surface area contributed by atoms with Crippen LogP contribution in [0.5, 0.6) is 5.75 Å². The van der Waals surface area contributed by atoms with E-state index < -0.39 is 6.61 Å². The fraction of sp³-hybridized carbons (Fsp3) is 0.312. The van der Waals surface area contributed by atoms with E-state index in [1.807, 2.05) is 13.0 Å². The lowest BCUT2D eigenvalue weighted by molar-refractivity contribution is -0.0498. The normalized spacial score (nSPS) is 11.7. The average Bonchev–Trinajstić information content (AvgIpc) is 3.02. The average molecular weight is 377 g/mol. The molecule has 0 spiro atoms. The molecule has 1 unspecified atom stereocenters. The number of amides is 1. The summed E-state index contributed by atoms with van der Waals surface area (Å²) in [7, 11) is 0. The van der Waals surface area contributed by atoms with E-state index in [4.69, 9.17) is 5.73 Å². The van der Waals surface area contributed by atoms with E-state index in [-0.39, 0.29) is 30.0 Å². The van der Waals surface area contributed by atoms with Gasteiger partial charge in [-0.25, -0.2) is 0 Å². The summed E-state index contributed by atoms with van der Waals surface area (Å²) in [5.74, 6) is 0.189.